The molecule has 0 atom stereocenters. The highest BCUT2D eigenvalue weighted by Crippen LogP contribution is 2.28. The van der Waals surface area contributed by atoms with E-state index < -0.39 is 0 Å². The largest absolute Gasteiger partial charge is 0.397 e. The van der Waals surface area contributed by atoms with Crippen molar-refractivity contribution in [2.24, 2.45) is 0 Å². The zero-order chi connectivity index (χ0) is 13.0. The Labute approximate surface area is 109 Å². The predicted molar refractivity (Wildman–Crippen MR) is 79.0 cm³/mol. The number of pyridine rings is 1. The Morgan fingerprint density at radius 1 is 1.22 bits per heavy atom. The Balaban J connectivity index is 2.46. The molecule has 18 heavy (non-hydrogen) atoms. The Bertz CT molecular complexity index is 522. The van der Waals surface area contributed by atoms with E-state index >= 15 is 0 Å². The molecule has 2 N–H and O–H groups in total. The van der Waals surface area contributed by atoms with E-state index in [0.717, 1.165) is 29.7 Å². The maximum Gasteiger partial charge on any atom is 0.0951 e. The van der Waals surface area contributed by atoms with Crippen molar-refractivity contribution in [2.45, 2.75) is 26.7 Å². The number of para-hydroxylation sites is 1. The molecule has 0 aliphatic carbocycles. The second-order valence-electron chi connectivity index (χ2n) is 4.51. The van der Waals surface area contributed by atoms with E-state index in [0.29, 0.717) is 0 Å². The molecule has 2 rings (SSSR count). The van der Waals surface area contributed by atoms with Crippen LogP contribution in [0.4, 0.5) is 11.4 Å². The maximum absolute atomic E-state index is 5.99. The van der Waals surface area contributed by atoms with Crippen molar-refractivity contribution in [1.82, 2.24) is 4.98 Å². The number of anilines is 2. The molecule has 0 aliphatic rings. The number of unbranched alkanes of at least 4 members (excludes halogenated alkanes) is 1. The summed E-state index contributed by atoms with van der Waals surface area (Å²) in [5.41, 5.74) is 8.88. The number of aromatic nitrogens is 1. The molecule has 2 aromatic rings. The standard InChI is InChI=1S/C15H21N3/c1-3-5-11-18(4-2)14-9-10-17-15-12(14)7-6-8-13(15)16/h6-10H,3-5,11,16H2,1-2H3. The predicted octanol–water partition coefficient (Wildman–Crippen LogP) is 3.44. The van der Waals surface area contributed by atoms with Crippen LogP contribution in [0.2, 0.25) is 0 Å². The smallest absolute Gasteiger partial charge is 0.0951 e. The molecule has 0 unspecified atom stereocenters. The lowest BCUT2D eigenvalue weighted by Crippen LogP contribution is -2.24. The third-order valence-electron chi connectivity index (χ3n) is 3.28. The Morgan fingerprint density at radius 3 is 2.78 bits per heavy atom. The fraction of sp³-hybridized carbons (Fsp3) is 0.400. The van der Waals surface area contributed by atoms with Crippen molar-refractivity contribution >= 4 is 22.3 Å². The molecule has 3 heteroatoms. The van der Waals surface area contributed by atoms with Gasteiger partial charge in [0.15, 0.2) is 0 Å². The van der Waals surface area contributed by atoms with Crippen molar-refractivity contribution in [1.29, 1.82) is 0 Å². The van der Waals surface area contributed by atoms with Crippen LogP contribution in [-0.2, 0) is 0 Å². The van der Waals surface area contributed by atoms with Gasteiger partial charge in [-0.05, 0) is 25.5 Å². The number of hydrogen-bond acceptors (Lipinski definition) is 3. The van der Waals surface area contributed by atoms with Crippen LogP contribution in [0.5, 0.6) is 0 Å². The molecule has 0 radical (unpaired) electrons. The van der Waals surface area contributed by atoms with Crippen molar-refractivity contribution in [3.05, 3.63) is 30.5 Å². The van der Waals surface area contributed by atoms with E-state index in [4.69, 9.17) is 5.73 Å². The van der Waals surface area contributed by atoms with Crippen molar-refractivity contribution in [2.75, 3.05) is 23.7 Å². The monoisotopic (exact) mass is 243 g/mol. The van der Waals surface area contributed by atoms with Crippen LogP contribution >= 0.6 is 0 Å². The molecular formula is C15H21N3. The van der Waals surface area contributed by atoms with Gasteiger partial charge in [0.1, 0.15) is 0 Å². The zero-order valence-electron chi connectivity index (χ0n) is 11.2. The summed E-state index contributed by atoms with van der Waals surface area (Å²) < 4.78 is 0. The summed E-state index contributed by atoms with van der Waals surface area (Å²) >= 11 is 0. The molecule has 0 aliphatic heterocycles. The van der Waals surface area contributed by atoms with Gasteiger partial charge in [0, 0.05) is 30.4 Å². The highest BCUT2D eigenvalue weighted by molar-refractivity contribution is 5.97. The lowest BCUT2D eigenvalue weighted by Gasteiger charge is -2.24. The Morgan fingerprint density at radius 2 is 2.06 bits per heavy atom. The minimum atomic E-state index is 0.751. The molecule has 3 nitrogen and oxygen atoms in total. The number of nitrogens with zero attached hydrogens (tertiary/aromatic N) is 2. The van der Waals surface area contributed by atoms with Crippen LogP contribution in [0.15, 0.2) is 30.5 Å². The highest BCUT2D eigenvalue weighted by atomic mass is 15.1. The minimum absolute atomic E-state index is 0.751. The SMILES string of the molecule is CCCCN(CC)c1ccnc2c(N)cccc12. The number of rotatable bonds is 5. The highest BCUT2D eigenvalue weighted by Gasteiger charge is 2.09. The zero-order valence-corrected chi connectivity index (χ0v) is 11.2. The summed E-state index contributed by atoms with van der Waals surface area (Å²) in [5.74, 6) is 0. The van der Waals surface area contributed by atoms with Gasteiger partial charge < -0.3 is 10.6 Å². The Kier molecular flexibility index (Phi) is 4.03. The molecule has 1 heterocycles. The van der Waals surface area contributed by atoms with Gasteiger partial charge in [-0.15, -0.1) is 0 Å². The molecule has 0 spiro atoms. The average Bonchev–Trinajstić information content (AvgIpc) is 2.40. The van der Waals surface area contributed by atoms with Crippen molar-refractivity contribution < 1.29 is 0 Å². The molecule has 0 fully saturated rings. The van der Waals surface area contributed by atoms with Crippen molar-refractivity contribution in [3.8, 4) is 0 Å². The number of benzene rings is 1. The van der Waals surface area contributed by atoms with Crippen LogP contribution in [0.3, 0.4) is 0 Å². The van der Waals surface area contributed by atoms with Gasteiger partial charge in [-0.1, -0.05) is 25.5 Å². The molecule has 1 aromatic heterocycles. The first-order valence-corrected chi connectivity index (χ1v) is 6.66. The fourth-order valence-corrected chi connectivity index (χ4v) is 2.26. The molecule has 0 amide bonds. The second-order valence-corrected chi connectivity index (χ2v) is 4.51. The third-order valence-corrected chi connectivity index (χ3v) is 3.28. The van der Waals surface area contributed by atoms with Gasteiger partial charge in [-0.3, -0.25) is 4.98 Å². The van der Waals surface area contributed by atoms with E-state index in [9.17, 15) is 0 Å². The molecule has 0 saturated carbocycles. The molecule has 96 valence electrons. The third kappa shape index (κ3) is 2.40. The number of nitrogen functional groups attached to an aromatic ring is 1. The van der Waals surface area contributed by atoms with Gasteiger partial charge in [0.25, 0.3) is 0 Å². The summed E-state index contributed by atoms with van der Waals surface area (Å²) in [7, 11) is 0. The summed E-state index contributed by atoms with van der Waals surface area (Å²) in [6.07, 6.45) is 4.27. The second kappa shape index (κ2) is 5.71. The van der Waals surface area contributed by atoms with E-state index in [1.807, 2.05) is 18.3 Å². The van der Waals surface area contributed by atoms with Crippen LogP contribution in [0, 0.1) is 0 Å². The van der Waals surface area contributed by atoms with Gasteiger partial charge in [0.05, 0.1) is 11.2 Å². The first-order chi connectivity index (χ1) is 8.77. The maximum atomic E-state index is 5.99. The van der Waals surface area contributed by atoms with E-state index in [-0.39, 0.29) is 0 Å². The summed E-state index contributed by atoms with van der Waals surface area (Å²) in [6.45, 7) is 6.50. The molecule has 0 saturated heterocycles. The van der Waals surface area contributed by atoms with E-state index in [2.05, 4.69) is 35.9 Å². The van der Waals surface area contributed by atoms with Gasteiger partial charge >= 0.3 is 0 Å². The topological polar surface area (TPSA) is 42.2 Å². The van der Waals surface area contributed by atoms with Crippen LogP contribution < -0.4 is 10.6 Å². The van der Waals surface area contributed by atoms with Gasteiger partial charge in [-0.25, -0.2) is 0 Å². The molecule has 1 aromatic carbocycles. The average molecular weight is 243 g/mol. The lowest BCUT2D eigenvalue weighted by atomic mass is 10.1. The van der Waals surface area contributed by atoms with Gasteiger partial charge in [-0.2, -0.15) is 0 Å². The number of nitrogens with two attached hydrogens (primary N) is 1. The van der Waals surface area contributed by atoms with Crippen LogP contribution in [-0.4, -0.2) is 18.1 Å². The van der Waals surface area contributed by atoms with Crippen LogP contribution in [0.25, 0.3) is 10.9 Å². The first-order valence-electron chi connectivity index (χ1n) is 6.66. The summed E-state index contributed by atoms with van der Waals surface area (Å²) in [5, 5.41) is 1.15. The fourth-order valence-electron chi connectivity index (χ4n) is 2.26. The number of fused-ring (bicyclic) bond motifs is 1. The number of hydrogen-bond donors (Lipinski definition) is 1. The van der Waals surface area contributed by atoms with E-state index in [1.54, 1.807) is 0 Å². The van der Waals surface area contributed by atoms with Crippen molar-refractivity contribution in [3.63, 3.8) is 0 Å². The molecular weight excluding hydrogens is 222 g/mol. The normalized spacial score (nSPS) is 10.8. The van der Waals surface area contributed by atoms with Gasteiger partial charge in [0.2, 0.25) is 0 Å². The lowest BCUT2D eigenvalue weighted by molar-refractivity contribution is 0.734. The minimum Gasteiger partial charge on any atom is -0.397 e. The Hall–Kier alpha value is -1.77. The molecule has 0 bridgehead atoms. The summed E-state index contributed by atoms with van der Waals surface area (Å²) in [4.78, 5) is 6.78. The van der Waals surface area contributed by atoms with Crippen LogP contribution in [0.1, 0.15) is 26.7 Å². The summed E-state index contributed by atoms with van der Waals surface area (Å²) in [6, 6.07) is 8.08. The first kappa shape index (κ1) is 12.7. The quantitative estimate of drug-likeness (QED) is 0.818. The van der Waals surface area contributed by atoms with E-state index in [1.165, 1.54) is 18.5 Å².